The van der Waals surface area contributed by atoms with Gasteiger partial charge in [0.15, 0.2) is 5.54 Å². The summed E-state index contributed by atoms with van der Waals surface area (Å²) in [5.74, 6) is -6.34. The molecule has 3 aliphatic rings. The lowest BCUT2D eigenvalue weighted by atomic mass is 9.87. The number of amides is 2. The van der Waals surface area contributed by atoms with E-state index >= 15 is 0 Å². The number of alkyl halides is 7. The summed E-state index contributed by atoms with van der Waals surface area (Å²) in [7, 11) is 0. The monoisotopic (exact) mass is 574 g/mol. The zero-order valence-electron chi connectivity index (χ0n) is 20.7. The molecular formula is C26H25ClF6N4O2. The lowest BCUT2D eigenvalue weighted by Gasteiger charge is -2.41. The molecule has 1 heterocycles. The van der Waals surface area contributed by atoms with E-state index in [1.54, 1.807) is 0 Å². The number of rotatable bonds is 7. The van der Waals surface area contributed by atoms with Crippen LogP contribution in [0, 0.1) is 11.8 Å². The molecule has 39 heavy (non-hydrogen) atoms. The molecule has 3 saturated carbocycles. The van der Waals surface area contributed by atoms with Crippen LogP contribution in [0.25, 0.3) is 0 Å². The number of hydrogen-bond donors (Lipinski definition) is 1. The zero-order chi connectivity index (χ0) is 28.4. The highest BCUT2D eigenvalue weighted by Crippen LogP contribution is 2.59. The SMILES string of the molecule is CC(C(=O)N[C@H]1CC2CC1CC2(F)F)(c1cncnc1)N(C(=O)[C@H](F)Cl)c1ccc(C2(C(F)(F)F)CC2)cc1. The summed E-state index contributed by atoms with van der Waals surface area (Å²) in [4.78, 5) is 35.7. The third-order valence-corrected chi connectivity index (χ3v) is 8.72. The van der Waals surface area contributed by atoms with Crippen molar-refractivity contribution < 1.29 is 35.9 Å². The highest BCUT2D eigenvalue weighted by atomic mass is 35.5. The maximum absolute atomic E-state index is 14.4. The van der Waals surface area contributed by atoms with E-state index in [9.17, 15) is 35.9 Å². The van der Waals surface area contributed by atoms with E-state index in [0.717, 1.165) is 4.90 Å². The second-order valence-electron chi connectivity index (χ2n) is 10.8. The molecule has 13 heteroatoms. The number of nitrogens with one attached hydrogen (secondary N) is 1. The Morgan fingerprint density at radius 3 is 2.18 bits per heavy atom. The van der Waals surface area contributed by atoms with E-state index in [1.807, 2.05) is 0 Å². The summed E-state index contributed by atoms with van der Waals surface area (Å²) in [5, 5.41) is 2.76. The molecule has 1 N–H and O–H groups in total. The molecule has 0 radical (unpaired) electrons. The molecule has 0 aliphatic heterocycles. The molecule has 0 spiro atoms. The van der Waals surface area contributed by atoms with Gasteiger partial charge < -0.3 is 5.32 Å². The number of aromatic nitrogens is 2. The Labute approximate surface area is 225 Å². The van der Waals surface area contributed by atoms with Crippen LogP contribution < -0.4 is 10.2 Å². The first-order valence-corrected chi connectivity index (χ1v) is 12.9. The Kier molecular flexibility index (Phi) is 6.63. The smallest absolute Gasteiger partial charge is 0.351 e. The summed E-state index contributed by atoms with van der Waals surface area (Å²) >= 11 is 5.54. The number of benzene rings is 1. The van der Waals surface area contributed by atoms with Gasteiger partial charge in [0.05, 0.1) is 5.41 Å². The van der Waals surface area contributed by atoms with Gasteiger partial charge in [-0.1, -0.05) is 23.7 Å². The van der Waals surface area contributed by atoms with Gasteiger partial charge in [0.1, 0.15) is 6.33 Å². The van der Waals surface area contributed by atoms with Gasteiger partial charge in [-0.25, -0.2) is 23.1 Å². The normalized spacial score (nSPS) is 26.9. The van der Waals surface area contributed by atoms with Crippen LogP contribution in [-0.2, 0) is 20.5 Å². The molecule has 2 bridgehead atoms. The van der Waals surface area contributed by atoms with Crippen LogP contribution in [0.4, 0.5) is 32.0 Å². The van der Waals surface area contributed by atoms with Gasteiger partial charge >= 0.3 is 6.18 Å². The number of nitrogens with zero attached hydrogens (tertiary/aromatic N) is 3. The molecule has 6 nitrogen and oxygen atoms in total. The molecule has 0 saturated heterocycles. The minimum atomic E-state index is -4.47. The Morgan fingerprint density at radius 1 is 1.10 bits per heavy atom. The number of hydrogen-bond acceptors (Lipinski definition) is 4. The summed E-state index contributed by atoms with van der Waals surface area (Å²) in [6, 6.07) is 4.17. The fourth-order valence-electron chi connectivity index (χ4n) is 6.10. The summed E-state index contributed by atoms with van der Waals surface area (Å²) < 4.78 is 83.5. The lowest BCUT2D eigenvalue weighted by Crippen LogP contribution is -2.60. The van der Waals surface area contributed by atoms with Crippen LogP contribution in [0.3, 0.4) is 0 Å². The highest BCUT2D eigenvalue weighted by Gasteiger charge is 2.64. The molecule has 2 aromatic rings. The van der Waals surface area contributed by atoms with Crippen molar-refractivity contribution in [3.8, 4) is 0 Å². The van der Waals surface area contributed by atoms with Crippen molar-refractivity contribution in [2.24, 2.45) is 11.8 Å². The second-order valence-corrected chi connectivity index (χ2v) is 11.2. The Bertz CT molecular complexity index is 1260. The highest BCUT2D eigenvalue weighted by molar-refractivity contribution is 6.32. The largest absolute Gasteiger partial charge is 0.398 e. The minimum absolute atomic E-state index is 0.0223. The van der Waals surface area contributed by atoms with E-state index in [4.69, 9.17) is 11.6 Å². The molecule has 3 aliphatic carbocycles. The van der Waals surface area contributed by atoms with Gasteiger partial charge in [0.25, 0.3) is 23.4 Å². The summed E-state index contributed by atoms with van der Waals surface area (Å²) in [6.07, 6.45) is -1.11. The van der Waals surface area contributed by atoms with Gasteiger partial charge in [0.2, 0.25) is 0 Å². The van der Waals surface area contributed by atoms with E-state index in [0.29, 0.717) is 0 Å². The fraction of sp³-hybridized carbons (Fsp3) is 0.538. The van der Waals surface area contributed by atoms with Crippen LogP contribution in [0.1, 0.15) is 50.2 Å². The Morgan fingerprint density at radius 2 is 1.72 bits per heavy atom. The molecule has 1 aromatic heterocycles. The molecule has 210 valence electrons. The second kappa shape index (κ2) is 9.35. The minimum Gasteiger partial charge on any atom is -0.351 e. The molecule has 1 aromatic carbocycles. The van der Waals surface area contributed by atoms with Gasteiger partial charge in [-0.05, 0) is 56.2 Å². The molecule has 3 unspecified atom stereocenters. The topological polar surface area (TPSA) is 75.2 Å². The van der Waals surface area contributed by atoms with Crippen molar-refractivity contribution in [3.05, 3.63) is 54.1 Å². The number of fused-ring (bicyclic) bond motifs is 2. The number of halogens is 7. The van der Waals surface area contributed by atoms with Crippen molar-refractivity contribution >= 4 is 29.1 Å². The molecular weight excluding hydrogens is 550 g/mol. The maximum Gasteiger partial charge on any atom is 0.398 e. The van der Waals surface area contributed by atoms with Crippen LogP contribution in [0.2, 0.25) is 0 Å². The van der Waals surface area contributed by atoms with E-state index in [2.05, 4.69) is 15.3 Å². The third kappa shape index (κ3) is 4.54. The quantitative estimate of drug-likeness (QED) is 0.355. The lowest BCUT2D eigenvalue weighted by molar-refractivity contribution is -0.160. The summed E-state index contributed by atoms with van der Waals surface area (Å²) in [5.41, 5.74) is -6.69. The zero-order valence-corrected chi connectivity index (χ0v) is 21.4. The average Bonchev–Trinajstić information content (AvgIpc) is 3.54. The van der Waals surface area contributed by atoms with E-state index < -0.39 is 58.4 Å². The van der Waals surface area contributed by atoms with Crippen LogP contribution in [0.15, 0.2) is 43.0 Å². The van der Waals surface area contributed by atoms with E-state index in [-0.39, 0.29) is 48.9 Å². The van der Waals surface area contributed by atoms with Crippen molar-refractivity contribution in [2.75, 3.05) is 4.90 Å². The Balaban J connectivity index is 1.54. The van der Waals surface area contributed by atoms with Gasteiger partial charge in [0, 0.05) is 42.0 Å². The third-order valence-electron chi connectivity index (χ3n) is 8.53. The molecule has 2 amide bonds. The first-order chi connectivity index (χ1) is 18.2. The van der Waals surface area contributed by atoms with Crippen LogP contribution in [-0.4, -0.2) is 45.6 Å². The van der Waals surface area contributed by atoms with Gasteiger partial charge in [-0.3, -0.25) is 14.5 Å². The van der Waals surface area contributed by atoms with Crippen molar-refractivity contribution in [1.82, 2.24) is 15.3 Å². The standard InChI is InChI=1S/C26H25ClF6N4O2/c1-23(17-11-34-13-35-12-17,22(39)36-19-9-16-8-14(19)10-25(16,29)30)37(21(38)20(27)28)18-4-2-15(3-5-18)24(6-7-24)26(31,32)33/h2-5,11-14,16,19-20H,6-10H2,1H3,(H,36,39)/t14?,16?,19-,20-,23?/m0/s1. The maximum atomic E-state index is 14.4. The van der Waals surface area contributed by atoms with Crippen molar-refractivity contribution in [3.63, 3.8) is 0 Å². The average molecular weight is 575 g/mol. The fourth-order valence-corrected chi connectivity index (χ4v) is 6.20. The number of carbonyl (C=O) groups is 2. The van der Waals surface area contributed by atoms with Crippen LogP contribution >= 0.6 is 11.6 Å². The predicted molar refractivity (Wildman–Crippen MR) is 129 cm³/mol. The first kappa shape index (κ1) is 27.7. The first-order valence-electron chi connectivity index (χ1n) is 12.4. The number of carbonyl (C=O) groups excluding carboxylic acids is 2. The van der Waals surface area contributed by atoms with Gasteiger partial charge in [-0.2, -0.15) is 13.2 Å². The molecule has 5 atom stereocenters. The predicted octanol–water partition coefficient (Wildman–Crippen LogP) is 5.40. The Hall–Kier alpha value is -2.89. The van der Waals surface area contributed by atoms with Crippen LogP contribution in [0.5, 0.6) is 0 Å². The van der Waals surface area contributed by atoms with Crippen molar-refractivity contribution in [1.29, 1.82) is 0 Å². The van der Waals surface area contributed by atoms with Crippen molar-refractivity contribution in [2.45, 2.75) is 73.8 Å². The van der Waals surface area contributed by atoms with Gasteiger partial charge in [-0.15, -0.1) is 0 Å². The summed E-state index contributed by atoms with van der Waals surface area (Å²) in [6.45, 7) is 1.30. The number of anilines is 1. The molecule has 5 rings (SSSR count). The van der Waals surface area contributed by atoms with E-state index in [1.165, 1.54) is 49.9 Å². The molecule has 3 fully saturated rings.